The van der Waals surface area contributed by atoms with Crippen LogP contribution in [-0.4, -0.2) is 37.5 Å². The van der Waals surface area contributed by atoms with Crippen LogP contribution in [0.3, 0.4) is 0 Å². The van der Waals surface area contributed by atoms with Crippen molar-refractivity contribution in [3.05, 3.63) is 29.8 Å². The standard InChI is InChI=1S/C16H21N3O2/c20-15(11-18-16(21)13-7-3-9-17-13)19-10-4-6-12-5-1-2-8-14(12)19/h1-2,5,8,13,17H,3-4,6-7,9-11H2,(H,18,21). The van der Waals surface area contributed by atoms with Gasteiger partial charge in [-0.25, -0.2) is 0 Å². The number of hydrogen-bond donors (Lipinski definition) is 2. The topological polar surface area (TPSA) is 61.4 Å². The fourth-order valence-electron chi connectivity index (χ4n) is 3.08. The van der Waals surface area contributed by atoms with E-state index in [-0.39, 0.29) is 24.4 Å². The summed E-state index contributed by atoms with van der Waals surface area (Å²) < 4.78 is 0. The minimum atomic E-state index is -0.133. The monoisotopic (exact) mass is 287 g/mol. The number of para-hydroxylation sites is 1. The Labute approximate surface area is 124 Å². The van der Waals surface area contributed by atoms with Gasteiger partial charge in [-0.05, 0) is 43.9 Å². The highest BCUT2D eigenvalue weighted by Crippen LogP contribution is 2.26. The summed E-state index contributed by atoms with van der Waals surface area (Å²) in [5.41, 5.74) is 2.20. The first kappa shape index (κ1) is 14.1. The molecule has 0 aliphatic carbocycles. The van der Waals surface area contributed by atoms with Gasteiger partial charge in [-0.2, -0.15) is 0 Å². The molecule has 5 heteroatoms. The molecule has 2 N–H and O–H groups in total. The molecule has 2 heterocycles. The zero-order valence-corrected chi connectivity index (χ0v) is 12.1. The molecule has 0 saturated carbocycles. The van der Waals surface area contributed by atoms with Crippen LogP contribution in [0, 0.1) is 0 Å². The van der Waals surface area contributed by atoms with Gasteiger partial charge >= 0.3 is 0 Å². The van der Waals surface area contributed by atoms with Gasteiger partial charge in [0.05, 0.1) is 12.6 Å². The van der Waals surface area contributed by atoms with Gasteiger partial charge in [0.2, 0.25) is 11.8 Å². The van der Waals surface area contributed by atoms with Crippen molar-refractivity contribution in [2.75, 3.05) is 24.5 Å². The van der Waals surface area contributed by atoms with Crippen LogP contribution in [0.2, 0.25) is 0 Å². The number of fused-ring (bicyclic) bond motifs is 1. The molecule has 112 valence electrons. The molecule has 2 amide bonds. The van der Waals surface area contributed by atoms with Gasteiger partial charge in [0.1, 0.15) is 0 Å². The Morgan fingerprint density at radius 2 is 2.14 bits per heavy atom. The van der Waals surface area contributed by atoms with Gasteiger partial charge in [0, 0.05) is 12.2 Å². The van der Waals surface area contributed by atoms with E-state index in [4.69, 9.17) is 0 Å². The van der Waals surface area contributed by atoms with Crippen molar-refractivity contribution in [3.63, 3.8) is 0 Å². The summed E-state index contributed by atoms with van der Waals surface area (Å²) in [6.45, 7) is 1.68. The number of aryl methyl sites for hydroxylation is 1. The summed E-state index contributed by atoms with van der Waals surface area (Å²) in [4.78, 5) is 26.1. The lowest BCUT2D eigenvalue weighted by Gasteiger charge is -2.29. The Balaban J connectivity index is 1.60. The Morgan fingerprint density at radius 1 is 1.29 bits per heavy atom. The van der Waals surface area contributed by atoms with Crippen molar-refractivity contribution in [1.82, 2.24) is 10.6 Å². The first-order valence-corrected chi connectivity index (χ1v) is 7.65. The lowest BCUT2D eigenvalue weighted by Crippen LogP contribution is -2.47. The summed E-state index contributed by atoms with van der Waals surface area (Å²) in [6.07, 6.45) is 3.86. The van der Waals surface area contributed by atoms with Crippen LogP contribution in [0.15, 0.2) is 24.3 Å². The molecule has 1 atom stereocenters. The van der Waals surface area contributed by atoms with Gasteiger partial charge in [-0.1, -0.05) is 18.2 Å². The minimum absolute atomic E-state index is 0.0338. The summed E-state index contributed by atoms with van der Waals surface area (Å²) in [6, 6.07) is 7.86. The SMILES string of the molecule is O=C(NCC(=O)N1CCCc2ccccc21)C1CCCN1. The second-order valence-corrected chi connectivity index (χ2v) is 5.64. The van der Waals surface area contributed by atoms with E-state index in [1.165, 1.54) is 5.56 Å². The quantitative estimate of drug-likeness (QED) is 0.866. The third kappa shape index (κ3) is 3.08. The van der Waals surface area contributed by atoms with E-state index >= 15 is 0 Å². The third-order valence-electron chi connectivity index (χ3n) is 4.20. The number of nitrogens with one attached hydrogen (secondary N) is 2. The van der Waals surface area contributed by atoms with Crippen LogP contribution in [0.1, 0.15) is 24.8 Å². The number of amides is 2. The van der Waals surface area contributed by atoms with E-state index in [9.17, 15) is 9.59 Å². The molecule has 1 aromatic carbocycles. The normalized spacial score (nSPS) is 21.0. The third-order valence-corrected chi connectivity index (χ3v) is 4.20. The highest BCUT2D eigenvalue weighted by atomic mass is 16.2. The number of carbonyl (C=O) groups is 2. The van der Waals surface area contributed by atoms with E-state index in [1.807, 2.05) is 18.2 Å². The maximum atomic E-state index is 12.4. The van der Waals surface area contributed by atoms with Gasteiger partial charge < -0.3 is 15.5 Å². The Morgan fingerprint density at radius 3 is 2.95 bits per heavy atom. The van der Waals surface area contributed by atoms with Gasteiger partial charge in [-0.15, -0.1) is 0 Å². The highest BCUT2D eigenvalue weighted by molar-refractivity contribution is 5.98. The van der Waals surface area contributed by atoms with Crippen LogP contribution in [0.25, 0.3) is 0 Å². The van der Waals surface area contributed by atoms with Crippen molar-refractivity contribution in [3.8, 4) is 0 Å². The Kier molecular flexibility index (Phi) is 4.20. The number of rotatable bonds is 3. The average Bonchev–Trinajstić information content (AvgIpc) is 3.06. The number of benzene rings is 1. The second kappa shape index (κ2) is 6.26. The van der Waals surface area contributed by atoms with Crippen molar-refractivity contribution in [2.45, 2.75) is 31.7 Å². The molecular formula is C16H21N3O2. The lowest BCUT2D eigenvalue weighted by molar-refractivity contribution is -0.126. The molecule has 1 unspecified atom stereocenters. The van der Waals surface area contributed by atoms with Crippen molar-refractivity contribution in [2.24, 2.45) is 0 Å². The smallest absolute Gasteiger partial charge is 0.246 e. The molecule has 0 radical (unpaired) electrons. The van der Waals surface area contributed by atoms with Crippen LogP contribution in [0.4, 0.5) is 5.69 Å². The maximum absolute atomic E-state index is 12.4. The maximum Gasteiger partial charge on any atom is 0.246 e. The average molecular weight is 287 g/mol. The first-order chi connectivity index (χ1) is 10.3. The van der Waals surface area contributed by atoms with Crippen LogP contribution < -0.4 is 15.5 Å². The van der Waals surface area contributed by atoms with E-state index in [0.29, 0.717) is 0 Å². The lowest BCUT2D eigenvalue weighted by atomic mass is 10.0. The van der Waals surface area contributed by atoms with Gasteiger partial charge in [0.15, 0.2) is 0 Å². The Hall–Kier alpha value is -1.88. The van der Waals surface area contributed by atoms with Gasteiger partial charge in [0.25, 0.3) is 0 Å². The molecule has 1 saturated heterocycles. The predicted octanol–water partition coefficient (Wildman–Crippen LogP) is 0.834. The van der Waals surface area contributed by atoms with Crippen molar-refractivity contribution in [1.29, 1.82) is 0 Å². The minimum Gasteiger partial charge on any atom is -0.346 e. The highest BCUT2D eigenvalue weighted by Gasteiger charge is 2.25. The zero-order chi connectivity index (χ0) is 14.7. The molecule has 0 spiro atoms. The van der Waals surface area contributed by atoms with Crippen LogP contribution in [-0.2, 0) is 16.0 Å². The molecule has 2 aliphatic rings. The second-order valence-electron chi connectivity index (χ2n) is 5.64. The summed E-state index contributed by atoms with van der Waals surface area (Å²) in [5.74, 6) is -0.0976. The molecule has 0 bridgehead atoms. The van der Waals surface area contributed by atoms with E-state index in [1.54, 1.807) is 4.90 Å². The summed E-state index contributed by atoms with van der Waals surface area (Å²) >= 11 is 0. The number of anilines is 1. The van der Waals surface area contributed by atoms with Crippen molar-refractivity contribution >= 4 is 17.5 Å². The number of nitrogens with zero attached hydrogens (tertiary/aromatic N) is 1. The fraction of sp³-hybridized carbons (Fsp3) is 0.500. The Bertz CT molecular complexity index is 538. The van der Waals surface area contributed by atoms with E-state index in [0.717, 1.165) is 44.5 Å². The van der Waals surface area contributed by atoms with Crippen molar-refractivity contribution < 1.29 is 9.59 Å². The molecule has 1 fully saturated rings. The fourth-order valence-corrected chi connectivity index (χ4v) is 3.08. The molecular weight excluding hydrogens is 266 g/mol. The predicted molar refractivity (Wildman–Crippen MR) is 81.2 cm³/mol. The molecule has 1 aromatic rings. The van der Waals surface area contributed by atoms with E-state index < -0.39 is 0 Å². The zero-order valence-electron chi connectivity index (χ0n) is 12.1. The largest absolute Gasteiger partial charge is 0.346 e. The molecule has 21 heavy (non-hydrogen) atoms. The number of hydrogen-bond acceptors (Lipinski definition) is 3. The van der Waals surface area contributed by atoms with Gasteiger partial charge in [-0.3, -0.25) is 9.59 Å². The number of carbonyl (C=O) groups excluding carboxylic acids is 2. The van der Waals surface area contributed by atoms with E-state index in [2.05, 4.69) is 16.7 Å². The molecule has 3 rings (SSSR count). The molecule has 2 aliphatic heterocycles. The summed E-state index contributed by atoms with van der Waals surface area (Å²) in [7, 11) is 0. The first-order valence-electron chi connectivity index (χ1n) is 7.65. The molecule has 5 nitrogen and oxygen atoms in total. The molecule has 0 aromatic heterocycles. The van der Waals surface area contributed by atoms with Crippen LogP contribution in [0.5, 0.6) is 0 Å². The van der Waals surface area contributed by atoms with Crippen LogP contribution >= 0.6 is 0 Å². The summed E-state index contributed by atoms with van der Waals surface area (Å²) in [5, 5.41) is 5.90.